The number of hydrogen-bond donors (Lipinski definition) is 1. The number of alkyl halides is 1. The van der Waals surface area contributed by atoms with Crippen molar-refractivity contribution < 1.29 is 4.39 Å². The molecule has 0 radical (unpaired) electrons. The van der Waals surface area contributed by atoms with Gasteiger partial charge >= 0.3 is 0 Å². The molecular weight excluding hydrogens is 167 g/mol. The van der Waals surface area contributed by atoms with Crippen LogP contribution in [0.3, 0.4) is 0 Å². The van der Waals surface area contributed by atoms with Crippen molar-refractivity contribution in [3.63, 3.8) is 0 Å². The fourth-order valence-corrected chi connectivity index (χ4v) is 1.83. The first kappa shape index (κ1) is 10.9. The lowest BCUT2D eigenvalue weighted by atomic mass is 9.97. The highest BCUT2D eigenvalue weighted by molar-refractivity contribution is 4.81. The van der Waals surface area contributed by atoms with Gasteiger partial charge in [-0.2, -0.15) is 0 Å². The van der Waals surface area contributed by atoms with Gasteiger partial charge in [0.2, 0.25) is 0 Å². The van der Waals surface area contributed by atoms with Crippen molar-refractivity contribution in [3.8, 4) is 0 Å². The average molecular weight is 188 g/mol. The third-order valence-corrected chi connectivity index (χ3v) is 3.02. The summed E-state index contributed by atoms with van der Waals surface area (Å²) in [6.07, 6.45) is 1.20. The van der Waals surface area contributed by atoms with E-state index in [9.17, 15) is 4.39 Å². The molecule has 13 heavy (non-hydrogen) atoms. The van der Waals surface area contributed by atoms with Crippen molar-refractivity contribution in [3.05, 3.63) is 0 Å². The molecule has 1 aliphatic heterocycles. The lowest BCUT2D eigenvalue weighted by molar-refractivity contribution is 0.159. The highest BCUT2D eigenvalue weighted by Gasteiger charge is 2.22. The van der Waals surface area contributed by atoms with Crippen LogP contribution in [-0.2, 0) is 0 Å². The van der Waals surface area contributed by atoms with Gasteiger partial charge in [0.1, 0.15) is 6.67 Å². The molecule has 2 nitrogen and oxygen atoms in total. The van der Waals surface area contributed by atoms with Crippen LogP contribution in [0.25, 0.3) is 0 Å². The largest absolute Gasteiger partial charge is 0.311 e. The predicted molar refractivity (Wildman–Crippen MR) is 53.7 cm³/mol. The van der Waals surface area contributed by atoms with Crippen molar-refractivity contribution in [1.29, 1.82) is 0 Å². The standard InChI is InChI=1S/C10H21FN2/c1-3-9(2)10-8-13(6-4-11)7-5-12-10/h9-10,12H,3-8H2,1-2H3. The van der Waals surface area contributed by atoms with E-state index in [1.807, 2.05) is 0 Å². The van der Waals surface area contributed by atoms with E-state index in [4.69, 9.17) is 0 Å². The molecule has 2 unspecified atom stereocenters. The van der Waals surface area contributed by atoms with Crippen LogP contribution < -0.4 is 5.32 Å². The van der Waals surface area contributed by atoms with Gasteiger partial charge in [-0.05, 0) is 5.92 Å². The van der Waals surface area contributed by atoms with Crippen LogP contribution >= 0.6 is 0 Å². The molecule has 1 aliphatic rings. The maximum Gasteiger partial charge on any atom is 0.102 e. The first-order chi connectivity index (χ1) is 6.27. The van der Waals surface area contributed by atoms with Crippen molar-refractivity contribution in [2.75, 3.05) is 32.9 Å². The molecule has 3 heteroatoms. The Morgan fingerprint density at radius 2 is 2.38 bits per heavy atom. The summed E-state index contributed by atoms with van der Waals surface area (Å²) in [4.78, 5) is 2.22. The molecule has 1 N–H and O–H groups in total. The first-order valence-electron chi connectivity index (χ1n) is 5.29. The van der Waals surface area contributed by atoms with Crippen LogP contribution in [0.1, 0.15) is 20.3 Å². The Labute approximate surface area is 80.5 Å². The predicted octanol–water partition coefficient (Wildman–Crippen LogP) is 1.28. The number of nitrogens with one attached hydrogen (secondary N) is 1. The van der Waals surface area contributed by atoms with Crippen LogP contribution in [0.5, 0.6) is 0 Å². The summed E-state index contributed by atoms with van der Waals surface area (Å²) >= 11 is 0. The second-order valence-electron chi connectivity index (χ2n) is 3.94. The van der Waals surface area contributed by atoms with Gasteiger partial charge in [-0.15, -0.1) is 0 Å². The van der Waals surface area contributed by atoms with Crippen LogP contribution in [0.2, 0.25) is 0 Å². The summed E-state index contributed by atoms with van der Waals surface area (Å²) in [6, 6.07) is 0.560. The Balaban J connectivity index is 2.32. The van der Waals surface area contributed by atoms with E-state index in [2.05, 4.69) is 24.1 Å². The van der Waals surface area contributed by atoms with Gasteiger partial charge in [-0.3, -0.25) is 4.90 Å². The van der Waals surface area contributed by atoms with Crippen molar-refractivity contribution in [2.24, 2.45) is 5.92 Å². The minimum absolute atomic E-state index is 0.215. The molecule has 0 saturated carbocycles. The fourth-order valence-electron chi connectivity index (χ4n) is 1.83. The molecular formula is C10H21FN2. The molecule has 0 aromatic heterocycles. The monoisotopic (exact) mass is 188 g/mol. The molecule has 0 aromatic rings. The van der Waals surface area contributed by atoms with E-state index in [-0.39, 0.29) is 6.67 Å². The molecule has 1 rings (SSSR count). The van der Waals surface area contributed by atoms with Crippen LogP contribution in [-0.4, -0.2) is 43.8 Å². The van der Waals surface area contributed by atoms with Gasteiger partial charge in [0.05, 0.1) is 0 Å². The van der Waals surface area contributed by atoms with Crippen LogP contribution in [0.15, 0.2) is 0 Å². The Morgan fingerprint density at radius 3 is 3.00 bits per heavy atom. The minimum atomic E-state index is -0.215. The zero-order valence-corrected chi connectivity index (χ0v) is 8.72. The van der Waals surface area contributed by atoms with Gasteiger partial charge in [-0.1, -0.05) is 20.3 Å². The fraction of sp³-hybridized carbons (Fsp3) is 1.00. The normalized spacial score (nSPS) is 27.5. The third kappa shape index (κ3) is 3.24. The second kappa shape index (κ2) is 5.55. The van der Waals surface area contributed by atoms with E-state index in [0.717, 1.165) is 19.6 Å². The minimum Gasteiger partial charge on any atom is -0.311 e. The van der Waals surface area contributed by atoms with Crippen LogP contribution in [0.4, 0.5) is 4.39 Å². The van der Waals surface area contributed by atoms with Gasteiger partial charge in [0.15, 0.2) is 0 Å². The summed E-state index contributed by atoms with van der Waals surface area (Å²) in [7, 11) is 0. The van der Waals surface area contributed by atoms with E-state index in [1.165, 1.54) is 6.42 Å². The molecule has 0 bridgehead atoms. The SMILES string of the molecule is CCC(C)C1CN(CCF)CCN1. The maximum atomic E-state index is 12.1. The third-order valence-electron chi connectivity index (χ3n) is 3.02. The van der Waals surface area contributed by atoms with E-state index in [0.29, 0.717) is 18.5 Å². The quantitative estimate of drug-likeness (QED) is 0.715. The molecule has 2 atom stereocenters. The Bertz CT molecular complexity index is 139. The summed E-state index contributed by atoms with van der Waals surface area (Å²) in [5.41, 5.74) is 0. The highest BCUT2D eigenvalue weighted by atomic mass is 19.1. The molecule has 0 amide bonds. The first-order valence-corrected chi connectivity index (χ1v) is 5.29. The summed E-state index contributed by atoms with van der Waals surface area (Å²) in [5, 5.41) is 3.49. The lowest BCUT2D eigenvalue weighted by Gasteiger charge is -2.36. The molecule has 0 aliphatic carbocycles. The Hall–Kier alpha value is -0.150. The maximum absolute atomic E-state index is 12.1. The summed E-state index contributed by atoms with van der Waals surface area (Å²) < 4.78 is 12.1. The summed E-state index contributed by atoms with van der Waals surface area (Å²) in [6.45, 7) is 7.88. The highest BCUT2D eigenvalue weighted by Crippen LogP contribution is 2.11. The lowest BCUT2D eigenvalue weighted by Crippen LogP contribution is -2.53. The van der Waals surface area contributed by atoms with Gasteiger partial charge < -0.3 is 5.32 Å². The van der Waals surface area contributed by atoms with Crippen molar-refractivity contribution in [2.45, 2.75) is 26.3 Å². The van der Waals surface area contributed by atoms with Crippen LogP contribution in [0, 0.1) is 5.92 Å². The van der Waals surface area contributed by atoms with E-state index >= 15 is 0 Å². The average Bonchev–Trinajstić information content (AvgIpc) is 2.18. The Kier molecular flexibility index (Phi) is 4.67. The molecule has 0 aromatic carbocycles. The summed E-state index contributed by atoms with van der Waals surface area (Å²) in [5.74, 6) is 0.697. The number of hydrogen-bond acceptors (Lipinski definition) is 2. The number of halogens is 1. The second-order valence-corrected chi connectivity index (χ2v) is 3.94. The number of rotatable bonds is 4. The Morgan fingerprint density at radius 1 is 1.62 bits per heavy atom. The van der Waals surface area contributed by atoms with E-state index in [1.54, 1.807) is 0 Å². The van der Waals surface area contributed by atoms with Crippen molar-refractivity contribution >= 4 is 0 Å². The molecule has 78 valence electrons. The molecule has 1 fully saturated rings. The van der Waals surface area contributed by atoms with Gasteiger partial charge in [0.25, 0.3) is 0 Å². The van der Waals surface area contributed by atoms with Gasteiger partial charge in [0, 0.05) is 32.2 Å². The molecule has 1 saturated heterocycles. The number of nitrogens with zero attached hydrogens (tertiary/aromatic N) is 1. The molecule has 1 heterocycles. The zero-order chi connectivity index (χ0) is 9.68. The van der Waals surface area contributed by atoms with Gasteiger partial charge in [-0.25, -0.2) is 4.39 Å². The van der Waals surface area contributed by atoms with Crippen molar-refractivity contribution in [1.82, 2.24) is 10.2 Å². The topological polar surface area (TPSA) is 15.3 Å². The smallest absolute Gasteiger partial charge is 0.102 e. The van der Waals surface area contributed by atoms with E-state index < -0.39 is 0 Å². The molecule has 0 spiro atoms. The zero-order valence-electron chi connectivity index (χ0n) is 8.72. The number of piperazine rings is 1.